The summed E-state index contributed by atoms with van der Waals surface area (Å²) in [4.78, 5) is 28.6. The molecule has 0 aliphatic carbocycles. The van der Waals surface area contributed by atoms with E-state index in [1.807, 2.05) is 98.8 Å². The highest BCUT2D eigenvalue weighted by atomic mass is 79.9. The molecule has 0 fully saturated rings. The largest absolute Gasteiger partial charge is 0.494 e. The van der Waals surface area contributed by atoms with Crippen molar-refractivity contribution in [2.45, 2.75) is 51.7 Å². The maximum Gasteiger partial charge on any atom is 0.243 e. The molecular weight excluding hydrogens is 504 g/mol. The Balaban J connectivity index is 1.79. The van der Waals surface area contributed by atoms with E-state index in [2.05, 4.69) is 21.2 Å². The lowest BCUT2D eigenvalue weighted by atomic mass is 10.0. The third-order valence-corrected chi connectivity index (χ3v) is 5.98. The van der Waals surface area contributed by atoms with Gasteiger partial charge in [-0.25, -0.2) is 0 Å². The molecule has 1 N–H and O–H groups in total. The summed E-state index contributed by atoms with van der Waals surface area (Å²) in [6.45, 7) is 4.64. The number of hydrogen-bond acceptors (Lipinski definition) is 3. The highest BCUT2D eigenvalue weighted by Gasteiger charge is 2.30. The summed E-state index contributed by atoms with van der Waals surface area (Å²) in [6.07, 6.45) is 1.30. The fourth-order valence-electron chi connectivity index (χ4n) is 3.84. The second kappa shape index (κ2) is 13.7. The smallest absolute Gasteiger partial charge is 0.243 e. The summed E-state index contributed by atoms with van der Waals surface area (Å²) in [5.74, 6) is 0.568. The fraction of sp³-hybridized carbons (Fsp3) is 0.310. The van der Waals surface area contributed by atoms with Gasteiger partial charge in [-0.15, -0.1) is 0 Å². The highest BCUT2D eigenvalue weighted by Crippen LogP contribution is 2.19. The predicted octanol–water partition coefficient (Wildman–Crippen LogP) is 5.77. The molecule has 5 nitrogen and oxygen atoms in total. The van der Waals surface area contributed by atoms with Crippen LogP contribution in [0.2, 0.25) is 0 Å². The molecule has 184 valence electrons. The van der Waals surface area contributed by atoms with Crippen LogP contribution < -0.4 is 10.1 Å². The van der Waals surface area contributed by atoms with Gasteiger partial charge in [-0.1, -0.05) is 76.6 Å². The van der Waals surface area contributed by atoms with Gasteiger partial charge < -0.3 is 15.0 Å². The van der Waals surface area contributed by atoms with Crippen molar-refractivity contribution < 1.29 is 14.3 Å². The SMILES string of the molecule is CC(C)NC(=O)[C@H](Cc1ccccc1)N(Cc1cccc(Br)c1)C(=O)CCCOc1ccccc1. The first-order valence-electron chi connectivity index (χ1n) is 12.0. The molecule has 0 unspecified atom stereocenters. The Bertz CT molecular complexity index is 1070. The molecule has 0 bridgehead atoms. The first-order valence-corrected chi connectivity index (χ1v) is 12.8. The van der Waals surface area contributed by atoms with Crippen molar-refractivity contribution in [2.75, 3.05) is 6.61 Å². The number of hydrogen-bond donors (Lipinski definition) is 1. The summed E-state index contributed by atoms with van der Waals surface area (Å²) in [6, 6.07) is 26.6. The van der Waals surface area contributed by atoms with Crippen LogP contribution in [0, 0.1) is 0 Å². The molecule has 1 atom stereocenters. The third kappa shape index (κ3) is 8.87. The van der Waals surface area contributed by atoms with Crippen LogP contribution >= 0.6 is 15.9 Å². The summed E-state index contributed by atoms with van der Waals surface area (Å²) in [7, 11) is 0. The minimum atomic E-state index is -0.624. The van der Waals surface area contributed by atoms with Crippen LogP contribution in [-0.4, -0.2) is 35.4 Å². The van der Waals surface area contributed by atoms with Gasteiger partial charge in [0.15, 0.2) is 0 Å². The Hall–Kier alpha value is -3.12. The quantitative estimate of drug-likeness (QED) is 0.299. The zero-order chi connectivity index (χ0) is 25.0. The number of rotatable bonds is 12. The van der Waals surface area contributed by atoms with E-state index in [-0.39, 0.29) is 17.9 Å². The van der Waals surface area contributed by atoms with Gasteiger partial charge in [0, 0.05) is 29.9 Å². The topological polar surface area (TPSA) is 58.6 Å². The average molecular weight is 537 g/mol. The number of amides is 2. The number of halogens is 1. The summed E-state index contributed by atoms with van der Waals surface area (Å²) in [5, 5.41) is 3.02. The van der Waals surface area contributed by atoms with Crippen LogP contribution in [0.15, 0.2) is 89.4 Å². The van der Waals surface area contributed by atoms with E-state index in [0.29, 0.717) is 32.4 Å². The van der Waals surface area contributed by atoms with Crippen LogP contribution in [0.25, 0.3) is 0 Å². The lowest BCUT2D eigenvalue weighted by Gasteiger charge is -2.32. The van der Waals surface area contributed by atoms with E-state index in [1.165, 1.54) is 0 Å². The Morgan fingerprint density at radius 3 is 2.23 bits per heavy atom. The van der Waals surface area contributed by atoms with Crippen LogP contribution in [0.1, 0.15) is 37.8 Å². The van der Waals surface area contributed by atoms with Crippen LogP contribution in [0.3, 0.4) is 0 Å². The number of carbonyl (C=O) groups excluding carboxylic acids is 2. The molecule has 0 saturated carbocycles. The number of carbonyl (C=O) groups is 2. The standard InChI is InChI=1S/C29H33BrN2O3/c1-22(2)31-29(34)27(20-23-11-5-3-6-12-23)32(21-24-13-9-14-25(30)19-24)28(33)17-10-18-35-26-15-7-4-8-16-26/h3-9,11-16,19,22,27H,10,17-18,20-21H2,1-2H3,(H,31,34)/t27-/m0/s1. The minimum Gasteiger partial charge on any atom is -0.494 e. The van der Waals surface area contributed by atoms with Gasteiger partial charge in [0.2, 0.25) is 11.8 Å². The van der Waals surface area contributed by atoms with Crippen LogP contribution in [-0.2, 0) is 22.6 Å². The van der Waals surface area contributed by atoms with E-state index < -0.39 is 6.04 Å². The Morgan fingerprint density at radius 1 is 0.914 bits per heavy atom. The van der Waals surface area contributed by atoms with Crippen LogP contribution in [0.4, 0.5) is 0 Å². The van der Waals surface area contributed by atoms with Gasteiger partial charge in [-0.2, -0.15) is 0 Å². The molecule has 0 aliphatic rings. The fourth-order valence-corrected chi connectivity index (χ4v) is 4.29. The Labute approximate surface area is 216 Å². The van der Waals surface area contributed by atoms with Gasteiger partial charge in [-0.3, -0.25) is 9.59 Å². The first-order chi connectivity index (χ1) is 16.9. The van der Waals surface area contributed by atoms with E-state index in [0.717, 1.165) is 21.3 Å². The maximum absolute atomic E-state index is 13.5. The number of nitrogens with zero attached hydrogens (tertiary/aromatic N) is 1. The molecule has 0 aliphatic heterocycles. The summed E-state index contributed by atoms with van der Waals surface area (Å²) < 4.78 is 6.71. The van der Waals surface area contributed by atoms with Gasteiger partial charge in [0.25, 0.3) is 0 Å². The minimum absolute atomic E-state index is 0.0251. The van der Waals surface area contributed by atoms with Gasteiger partial charge in [0.05, 0.1) is 6.61 Å². The molecule has 0 heterocycles. The molecule has 35 heavy (non-hydrogen) atoms. The zero-order valence-electron chi connectivity index (χ0n) is 20.3. The molecular formula is C29H33BrN2O3. The average Bonchev–Trinajstić information content (AvgIpc) is 2.85. The van der Waals surface area contributed by atoms with Crippen molar-refractivity contribution in [3.8, 4) is 5.75 Å². The second-order valence-corrected chi connectivity index (χ2v) is 9.70. The monoisotopic (exact) mass is 536 g/mol. The number of para-hydroxylation sites is 1. The molecule has 0 spiro atoms. The lowest BCUT2D eigenvalue weighted by molar-refractivity contribution is -0.141. The van der Waals surface area contributed by atoms with Crippen molar-refractivity contribution >= 4 is 27.7 Å². The van der Waals surface area contributed by atoms with Crippen molar-refractivity contribution in [3.05, 3.63) is 101 Å². The number of ether oxygens (including phenoxy) is 1. The maximum atomic E-state index is 13.5. The normalized spacial score (nSPS) is 11.7. The summed E-state index contributed by atoms with van der Waals surface area (Å²) >= 11 is 3.52. The van der Waals surface area contributed by atoms with Crippen molar-refractivity contribution in [3.63, 3.8) is 0 Å². The van der Waals surface area contributed by atoms with E-state index in [1.54, 1.807) is 4.90 Å². The second-order valence-electron chi connectivity index (χ2n) is 8.79. The molecule has 3 aromatic rings. The lowest BCUT2D eigenvalue weighted by Crippen LogP contribution is -2.51. The van der Waals surface area contributed by atoms with E-state index in [9.17, 15) is 9.59 Å². The zero-order valence-corrected chi connectivity index (χ0v) is 21.9. The molecule has 6 heteroatoms. The highest BCUT2D eigenvalue weighted by molar-refractivity contribution is 9.10. The molecule has 3 aromatic carbocycles. The third-order valence-electron chi connectivity index (χ3n) is 5.49. The summed E-state index contributed by atoms with van der Waals surface area (Å²) in [5.41, 5.74) is 1.97. The Kier molecular flexibility index (Phi) is 10.4. The van der Waals surface area contributed by atoms with Crippen molar-refractivity contribution in [1.29, 1.82) is 0 Å². The first kappa shape index (κ1) is 26.5. The predicted molar refractivity (Wildman–Crippen MR) is 143 cm³/mol. The number of nitrogens with one attached hydrogen (secondary N) is 1. The number of benzene rings is 3. The van der Waals surface area contributed by atoms with Gasteiger partial charge >= 0.3 is 0 Å². The van der Waals surface area contributed by atoms with Crippen molar-refractivity contribution in [2.24, 2.45) is 0 Å². The van der Waals surface area contributed by atoms with Crippen LogP contribution in [0.5, 0.6) is 5.75 Å². The molecule has 0 radical (unpaired) electrons. The van der Waals surface area contributed by atoms with Gasteiger partial charge in [0.1, 0.15) is 11.8 Å². The van der Waals surface area contributed by atoms with Crippen molar-refractivity contribution in [1.82, 2.24) is 10.2 Å². The molecule has 0 saturated heterocycles. The van der Waals surface area contributed by atoms with E-state index >= 15 is 0 Å². The van der Waals surface area contributed by atoms with E-state index in [4.69, 9.17) is 4.74 Å². The van der Waals surface area contributed by atoms with Gasteiger partial charge in [-0.05, 0) is 55.7 Å². The Morgan fingerprint density at radius 2 is 1.57 bits per heavy atom. The molecule has 3 rings (SSSR count). The molecule has 2 amide bonds. The molecule has 0 aromatic heterocycles.